The Morgan fingerprint density at radius 1 is 1.00 bits per heavy atom. The lowest BCUT2D eigenvalue weighted by Gasteiger charge is -2.47. The first-order chi connectivity index (χ1) is 14.5. The molecule has 0 aromatic rings. The molecular weight excluding hydrogens is 444 g/mol. The van der Waals surface area contributed by atoms with Gasteiger partial charge in [-0.3, -0.25) is 0 Å². The first kappa shape index (κ1) is 29.2. The number of hydrogen-bond donors (Lipinski definition) is 1. The van der Waals surface area contributed by atoms with E-state index >= 15 is 0 Å². The van der Waals surface area contributed by atoms with Gasteiger partial charge in [0.2, 0.25) is 0 Å². The summed E-state index contributed by atoms with van der Waals surface area (Å²) in [5.41, 5.74) is 0.380. The Bertz CT molecular complexity index is 744. The van der Waals surface area contributed by atoms with Crippen LogP contribution in [0.5, 0.6) is 0 Å². The predicted octanol–water partition coefficient (Wildman–Crippen LogP) is 7.44. The van der Waals surface area contributed by atoms with Crippen LogP contribution in [0, 0.1) is 5.41 Å². The molecule has 1 aliphatic carbocycles. The molecule has 2 rings (SSSR count). The fraction of sp³-hybridized carbons (Fsp3) is 0.926. The van der Waals surface area contributed by atoms with E-state index in [4.69, 9.17) is 13.6 Å². The Kier molecular flexibility index (Phi) is 7.84. The van der Waals surface area contributed by atoms with E-state index in [0.717, 1.165) is 18.4 Å². The lowest BCUT2D eigenvalue weighted by Crippen LogP contribution is -2.53. The van der Waals surface area contributed by atoms with E-state index in [1.165, 1.54) is 0 Å². The number of rotatable bonds is 8. The molecule has 4 atom stereocenters. The van der Waals surface area contributed by atoms with Gasteiger partial charge in [-0.1, -0.05) is 61.5 Å². The van der Waals surface area contributed by atoms with Gasteiger partial charge in [0.15, 0.2) is 16.6 Å². The van der Waals surface area contributed by atoms with Gasteiger partial charge in [0.1, 0.15) is 5.60 Å². The number of hydrogen-bond acceptors (Lipinski definition) is 4. The molecule has 0 radical (unpaired) electrons. The fourth-order valence-corrected chi connectivity index (χ4v) is 7.32. The van der Waals surface area contributed by atoms with Gasteiger partial charge in [0.25, 0.3) is 0 Å². The van der Waals surface area contributed by atoms with Crippen molar-refractivity contribution in [3.63, 3.8) is 0 Å². The quantitative estimate of drug-likeness (QED) is 0.214. The van der Waals surface area contributed by atoms with Gasteiger partial charge in [-0.25, -0.2) is 0 Å². The maximum absolute atomic E-state index is 11.1. The SMILES string of the molecule is C/C(=C\CO[Si](C)(C)C(C)(C)C)C(O)C[C@@]12O[C@]1(C)C[C@@H](O[Si](C)(C)C(C)(C)C)CC2(C)C. The van der Waals surface area contributed by atoms with Crippen LogP contribution in [-0.4, -0.2) is 51.8 Å². The molecule has 2 aliphatic rings. The number of ether oxygens (including phenoxy) is 1. The van der Waals surface area contributed by atoms with E-state index in [9.17, 15) is 5.11 Å². The second kappa shape index (κ2) is 8.84. The average Bonchev–Trinajstić information content (AvgIpc) is 3.17. The molecule has 33 heavy (non-hydrogen) atoms. The highest BCUT2D eigenvalue weighted by Gasteiger charge is 2.76. The zero-order chi connectivity index (χ0) is 25.9. The standard InChI is InChI=1S/C27H54O4Si2/c1-20(15-16-29-32(11,12)23(2,3)4)22(28)19-27-25(8,9)17-21(18-26(27,10)31-27)30-33(13,14)24(5,6)7/h15,21-22,28H,16-19H2,1-14H3/b20-15+/t21-,22?,26+,27-/m0/s1. The van der Waals surface area contributed by atoms with E-state index in [-0.39, 0.29) is 32.8 Å². The van der Waals surface area contributed by atoms with Crippen molar-refractivity contribution in [1.82, 2.24) is 0 Å². The van der Waals surface area contributed by atoms with E-state index in [0.29, 0.717) is 13.0 Å². The maximum Gasteiger partial charge on any atom is 0.192 e. The Morgan fingerprint density at radius 3 is 1.97 bits per heavy atom. The van der Waals surface area contributed by atoms with Crippen LogP contribution in [0.4, 0.5) is 0 Å². The van der Waals surface area contributed by atoms with Crippen molar-refractivity contribution in [3.05, 3.63) is 11.6 Å². The van der Waals surface area contributed by atoms with Crippen molar-refractivity contribution in [2.75, 3.05) is 6.61 Å². The molecular formula is C27H54O4Si2. The Hall–Kier alpha value is 0.0138. The molecule has 2 fully saturated rings. The Labute approximate surface area is 207 Å². The first-order valence-corrected chi connectivity index (χ1v) is 18.7. The first-order valence-electron chi connectivity index (χ1n) is 12.9. The van der Waals surface area contributed by atoms with E-state index < -0.39 is 22.7 Å². The molecule has 4 nitrogen and oxygen atoms in total. The van der Waals surface area contributed by atoms with Crippen molar-refractivity contribution in [2.24, 2.45) is 5.41 Å². The number of epoxide rings is 1. The molecule has 1 saturated carbocycles. The van der Waals surface area contributed by atoms with Crippen molar-refractivity contribution in [3.8, 4) is 0 Å². The lowest BCUT2D eigenvalue weighted by atomic mass is 9.61. The number of aliphatic hydroxyl groups excluding tert-OH is 1. The zero-order valence-corrected chi connectivity index (χ0v) is 26.2. The molecule has 0 aromatic carbocycles. The fourth-order valence-electron chi connectivity index (χ4n) is 5.04. The molecule has 1 aliphatic heterocycles. The van der Waals surface area contributed by atoms with Crippen molar-refractivity contribution in [1.29, 1.82) is 0 Å². The minimum Gasteiger partial charge on any atom is -0.414 e. The second-order valence-electron chi connectivity index (χ2n) is 14.7. The second-order valence-corrected chi connectivity index (χ2v) is 24.3. The van der Waals surface area contributed by atoms with Crippen LogP contribution >= 0.6 is 0 Å². The minimum absolute atomic E-state index is 0.0636. The smallest absolute Gasteiger partial charge is 0.192 e. The molecule has 6 heteroatoms. The molecule has 0 aromatic heterocycles. The summed E-state index contributed by atoms with van der Waals surface area (Å²) in [6.07, 6.45) is 4.28. The van der Waals surface area contributed by atoms with Gasteiger partial charge in [-0.15, -0.1) is 0 Å². The van der Waals surface area contributed by atoms with Crippen LogP contribution in [0.1, 0.15) is 88.5 Å². The third-order valence-electron chi connectivity index (χ3n) is 9.59. The summed E-state index contributed by atoms with van der Waals surface area (Å²) in [6.45, 7) is 32.3. The normalized spacial score (nSPS) is 31.8. The summed E-state index contributed by atoms with van der Waals surface area (Å²) < 4.78 is 19.7. The highest BCUT2D eigenvalue weighted by Crippen LogP contribution is 2.68. The van der Waals surface area contributed by atoms with Gasteiger partial charge in [-0.05, 0) is 67.5 Å². The third-order valence-corrected chi connectivity index (χ3v) is 18.6. The Morgan fingerprint density at radius 2 is 1.52 bits per heavy atom. The lowest BCUT2D eigenvalue weighted by molar-refractivity contribution is 0.0197. The summed E-state index contributed by atoms with van der Waals surface area (Å²) in [4.78, 5) is 0. The molecule has 1 heterocycles. The number of fused-ring (bicyclic) bond motifs is 1. The molecule has 194 valence electrons. The van der Waals surface area contributed by atoms with E-state index in [1.54, 1.807) is 0 Å². The third kappa shape index (κ3) is 5.72. The van der Waals surface area contributed by atoms with Crippen molar-refractivity contribution >= 4 is 16.6 Å². The summed E-state index contributed by atoms with van der Waals surface area (Å²) in [6, 6.07) is 0. The molecule has 0 spiro atoms. The monoisotopic (exact) mass is 498 g/mol. The van der Waals surface area contributed by atoms with Gasteiger partial charge in [0.05, 0.1) is 18.3 Å². The highest BCUT2D eigenvalue weighted by atomic mass is 28.4. The topological polar surface area (TPSA) is 51.2 Å². The zero-order valence-electron chi connectivity index (χ0n) is 24.2. The van der Waals surface area contributed by atoms with Gasteiger partial charge in [-0.2, -0.15) is 0 Å². The van der Waals surface area contributed by atoms with E-state index in [1.807, 2.05) is 6.92 Å². The van der Waals surface area contributed by atoms with Crippen LogP contribution in [0.15, 0.2) is 11.6 Å². The largest absolute Gasteiger partial charge is 0.414 e. The maximum atomic E-state index is 11.1. The van der Waals surface area contributed by atoms with Gasteiger partial charge >= 0.3 is 0 Å². The Balaban J connectivity index is 2.07. The van der Waals surface area contributed by atoms with Crippen LogP contribution < -0.4 is 0 Å². The van der Waals surface area contributed by atoms with Crippen molar-refractivity contribution in [2.45, 2.75) is 148 Å². The van der Waals surface area contributed by atoms with Crippen LogP contribution in [0.25, 0.3) is 0 Å². The predicted molar refractivity (Wildman–Crippen MR) is 145 cm³/mol. The van der Waals surface area contributed by atoms with Gasteiger partial charge in [0, 0.05) is 18.9 Å². The van der Waals surface area contributed by atoms with Crippen LogP contribution in [-0.2, 0) is 13.6 Å². The summed E-state index contributed by atoms with van der Waals surface area (Å²) in [5.74, 6) is 0. The molecule has 1 N–H and O–H groups in total. The number of aliphatic hydroxyl groups is 1. The summed E-state index contributed by atoms with van der Waals surface area (Å²) >= 11 is 0. The molecule has 0 amide bonds. The minimum atomic E-state index is -1.84. The summed E-state index contributed by atoms with van der Waals surface area (Å²) in [7, 11) is -3.63. The molecule has 1 saturated heterocycles. The van der Waals surface area contributed by atoms with Crippen LogP contribution in [0.2, 0.25) is 36.3 Å². The van der Waals surface area contributed by atoms with Crippen LogP contribution in [0.3, 0.4) is 0 Å². The van der Waals surface area contributed by atoms with Crippen molar-refractivity contribution < 1.29 is 18.7 Å². The van der Waals surface area contributed by atoms with Gasteiger partial charge < -0.3 is 18.7 Å². The highest BCUT2D eigenvalue weighted by molar-refractivity contribution is 6.74. The molecule has 0 bridgehead atoms. The average molecular weight is 499 g/mol. The summed E-state index contributed by atoms with van der Waals surface area (Å²) in [5, 5.41) is 11.5. The van der Waals surface area contributed by atoms with E-state index in [2.05, 4.69) is 94.6 Å². The molecule has 1 unspecified atom stereocenters.